The zero-order valence-electron chi connectivity index (χ0n) is 9.60. The van der Waals surface area contributed by atoms with Gasteiger partial charge in [0, 0.05) is 12.6 Å². The van der Waals surface area contributed by atoms with E-state index in [1.165, 1.54) is 6.07 Å². The van der Waals surface area contributed by atoms with Gasteiger partial charge in [-0.15, -0.1) is 0 Å². The van der Waals surface area contributed by atoms with E-state index < -0.39 is 11.6 Å². The zero-order valence-corrected chi connectivity index (χ0v) is 11.2. The van der Waals surface area contributed by atoms with Crippen LogP contribution in [0.5, 0.6) is 0 Å². The van der Waals surface area contributed by atoms with E-state index in [0.29, 0.717) is 6.54 Å². The van der Waals surface area contributed by atoms with Gasteiger partial charge in [-0.25, -0.2) is 8.78 Å². The fourth-order valence-electron chi connectivity index (χ4n) is 1.93. The summed E-state index contributed by atoms with van der Waals surface area (Å²) in [5, 5.41) is 5.61. The van der Waals surface area contributed by atoms with Crippen LogP contribution >= 0.6 is 15.9 Å². The van der Waals surface area contributed by atoms with Crippen LogP contribution in [0.1, 0.15) is 12.8 Å². The molecule has 1 aliphatic rings. The first-order valence-corrected chi connectivity index (χ1v) is 6.53. The predicted octanol–water partition coefficient (Wildman–Crippen LogP) is 2.67. The van der Waals surface area contributed by atoms with Gasteiger partial charge in [0.2, 0.25) is 5.91 Å². The molecule has 18 heavy (non-hydrogen) atoms. The van der Waals surface area contributed by atoms with Crippen molar-refractivity contribution in [2.45, 2.75) is 12.8 Å². The number of piperidine rings is 1. The summed E-state index contributed by atoms with van der Waals surface area (Å²) in [5.74, 6) is -1.86. The number of hydrogen-bond donors (Lipinski definition) is 2. The van der Waals surface area contributed by atoms with Gasteiger partial charge in [0.05, 0.1) is 16.1 Å². The molecule has 1 saturated heterocycles. The Morgan fingerprint density at radius 3 is 2.83 bits per heavy atom. The lowest BCUT2D eigenvalue weighted by molar-refractivity contribution is -0.120. The maximum atomic E-state index is 13.5. The summed E-state index contributed by atoms with van der Waals surface area (Å²) in [4.78, 5) is 11.9. The van der Waals surface area contributed by atoms with Crippen molar-refractivity contribution >= 4 is 27.5 Å². The Kier molecular flexibility index (Phi) is 4.29. The van der Waals surface area contributed by atoms with E-state index in [0.717, 1.165) is 25.5 Å². The minimum atomic E-state index is -0.771. The molecular formula is C12H13BrF2N2O. The first-order chi connectivity index (χ1) is 8.58. The standard InChI is InChI=1S/C12H13BrF2N2O/c13-8-4-11(10(15)5-9(8)14)17-12(18)7-2-1-3-16-6-7/h4-5,7,16H,1-3,6H2,(H,17,18)/t7-/m1/s1. The first-order valence-electron chi connectivity index (χ1n) is 5.74. The second-order valence-corrected chi connectivity index (χ2v) is 5.13. The van der Waals surface area contributed by atoms with Gasteiger partial charge in [0.1, 0.15) is 11.6 Å². The topological polar surface area (TPSA) is 41.1 Å². The molecule has 98 valence electrons. The number of anilines is 1. The summed E-state index contributed by atoms with van der Waals surface area (Å²) in [6, 6.07) is 1.98. The van der Waals surface area contributed by atoms with Crippen LogP contribution in [-0.2, 0) is 4.79 Å². The molecule has 2 N–H and O–H groups in total. The number of halogens is 3. The molecule has 1 fully saturated rings. The molecular weight excluding hydrogens is 306 g/mol. The molecule has 0 unspecified atom stereocenters. The Bertz CT molecular complexity index is 462. The second kappa shape index (κ2) is 5.75. The first kappa shape index (κ1) is 13.4. The Labute approximate surface area is 112 Å². The molecule has 0 spiro atoms. The third kappa shape index (κ3) is 3.05. The van der Waals surface area contributed by atoms with Crippen molar-refractivity contribution in [2.75, 3.05) is 18.4 Å². The van der Waals surface area contributed by atoms with Crippen LogP contribution in [-0.4, -0.2) is 19.0 Å². The highest BCUT2D eigenvalue weighted by Gasteiger charge is 2.22. The lowest BCUT2D eigenvalue weighted by Crippen LogP contribution is -2.37. The monoisotopic (exact) mass is 318 g/mol. The highest BCUT2D eigenvalue weighted by atomic mass is 79.9. The maximum absolute atomic E-state index is 13.5. The van der Waals surface area contributed by atoms with E-state index in [1.807, 2.05) is 0 Å². The summed E-state index contributed by atoms with van der Waals surface area (Å²) >= 11 is 2.96. The number of carbonyl (C=O) groups excluding carboxylic acids is 1. The van der Waals surface area contributed by atoms with Gasteiger partial charge in [-0.2, -0.15) is 0 Å². The number of benzene rings is 1. The van der Waals surface area contributed by atoms with Crippen molar-refractivity contribution in [3.8, 4) is 0 Å². The van der Waals surface area contributed by atoms with Crippen LogP contribution in [0.25, 0.3) is 0 Å². The van der Waals surface area contributed by atoms with Crippen molar-refractivity contribution in [3.63, 3.8) is 0 Å². The molecule has 1 aromatic carbocycles. The molecule has 1 atom stereocenters. The molecule has 0 aromatic heterocycles. The van der Waals surface area contributed by atoms with Crippen LogP contribution in [0.4, 0.5) is 14.5 Å². The van der Waals surface area contributed by atoms with Gasteiger partial charge in [0.15, 0.2) is 0 Å². The van der Waals surface area contributed by atoms with Crippen molar-refractivity contribution in [1.29, 1.82) is 0 Å². The van der Waals surface area contributed by atoms with E-state index in [4.69, 9.17) is 0 Å². The zero-order chi connectivity index (χ0) is 13.1. The number of carbonyl (C=O) groups is 1. The van der Waals surface area contributed by atoms with Crippen LogP contribution < -0.4 is 10.6 Å². The average molecular weight is 319 g/mol. The van der Waals surface area contributed by atoms with Gasteiger partial charge in [-0.1, -0.05) is 0 Å². The molecule has 2 rings (SSSR count). The molecule has 6 heteroatoms. The Balaban J connectivity index is 2.08. The summed E-state index contributed by atoms with van der Waals surface area (Å²) in [6.45, 7) is 1.50. The number of nitrogens with one attached hydrogen (secondary N) is 2. The molecule has 1 amide bonds. The number of rotatable bonds is 2. The normalized spacial score (nSPS) is 19.6. The van der Waals surface area contributed by atoms with Gasteiger partial charge in [0.25, 0.3) is 0 Å². The SMILES string of the molecule is O=C(Nc1cc(Br)c(F)cc1F)[C@@H]1CCCNC1. The lowest BCUT2D eigenvalue weighted by Gasteiger charge is -2.22. The van der Waals surface area contributed by atoms with E-state index >= 15 is 0 Å². The molecule has 1 aliphatic heterocycles. The summed E-state index contributed by atoms with van der Waals surface area (Å²) in [7, 11) is 0. The average Bonchev–Trinajstić information content (AvgIpc) is 2.37. The van der Waals surface area contributed by atoms with E-state index in [2.05, 4.69) is 26.6 Å². The third-order valence-corrected chi connectivity index (χ3v) is 3.54. The molecule has 1 heterocycles. The van der Waals surface area contributed by atoms with Crippen molar-refractivity contribution in [3.05, 3.63) is 28.2 Å². The number of amides is 1. The maximum Gasteiger partial charge on any atom is 0.228 e. The highest BCUT2D eigenvalue weighted by molar-refractivity contribution is 9.10. The summed E-state index contributed by atoms with van der Waals surface area (Å²) < 4.78 is 26.6. The van der Waals surface area contributed by atoms with E-state index in [-0.39, 0.29) is 22.0 Å². The van der Waals surface area contributed by atoms with Gasteiger partial charge in [-0.05, 0) is 41.4 Å². The highest BCUT2D eigenvalue weighted by Crippen LogP contribution is 2.24. The van der Waals surface area contributed by atoms with Gasteiger partial charge < -0.3 is 10.6 Å². The lowest BCUT2D eigenvalue weighted by atomic mass is 9.99. The molecule has 0 aliphatic carbocycles. The van der Waals surface area contributed by atoms with E-state index in [1.54, 1.807) is 0 Å². The molecule has 0 saturated carbocycles. The van der Waals surface area contributed by atoms with Gasteiger partial charge in [-0.3, -0.25) is 4.79 Å². The smallest absolute Gasteiger partial charge is 0.228 e. The second-order valence-electron chi connectivity index (χ2n) is 4.28. The molecule has 0 bridgehead atoms. The molecule has 3 nitrogen and oxygen atoms in total. The minimum absolute atomic E-state index is 0.00107. The fourth-order valence-corrected chi connectivity index (χ4v) is 2.27. The largest absolute Gasteiger partial charge is 0.323 e. The third-order valence-electron chi connectivity index (χ3n) is 2.94. The fraction of sp³-hybridized carbons (Fsp3) is 0.417. The Morgan fingerprint density at radius 2 is 2.17 bits per heavy atom. The van der Waals surface area contributed by atoms with Crippen LogP contribution in [0.15, 0.2) is 16.6 Å². The molecule has 1 aromatic rings. The predicted molar refractivity (Wildman–Crippen MR) is 68.3 cm³/mol. The van der Waals surface area contributed by atoms with Gasteiger partial charge >= 0.3 is 0 Å². The summed E-state index contributed by atoms with van der Waals surface area (Å²) in [5.41, 5.74) is -0.00107. The van der Waals surface area contributed by atoms with Crippen LogP contribution in [0, 0.1) is 17.6 Å². The van der Waals surface area contributed by atoms with E-state index in [9.17, 15) is 13.6 Å². The van der Waals surface area contributed by atoms with Crippen molar-refractivity contribution in [2.24, 2.45) is 5.92 Å². The van der Waals surface area contributed by atoms with Crippen molar-refractivity contribution < 1.29 is 13.6 Å². The minimum Gasteiger partial charge on any atom is -0.323 e. The Morgan fingerprint density at radius 1 is 1.39 bits per heavy atom. The summed E-state index contributed by atoms with van der Waals surface area (Å²) in [6.07, 6.45) is 1.70. The quantitative estimate of drug-likeness (QED) is 0.823. The van der Waals surface area contributed by atoms with Crippen molar-refractivity contribution in [1.82, 2.24) is 5.32 Å². The Hall–Kier alpha value is -1.01. The van der Waals surface area contributed by atoms with Crippen LogP contribution in [0.2, 0.25) is 0 Å². The number of hydrogen-bond acceptors (Lipinski definition) is 2. The van der Waals surface area contributed by atoms with Crippen LogP contribution in [0.3, 0.4) is 0 Å². The molecule has 0 radical (unpaired) electrons.